The van der Waals surface area contributed by atoms with Gasteiger partial charge in [-0.1, -0.05) is 6.07 Å². The number of amides is 3. The van der Waals surface area contributed by atoms with Crippen molar-refractivity contribution < 1.29 is 29.0 Å². The zero-order valence-corrected chi connectivity index (χ0v) is 15.9. The molecule has 0 saturated carbocycles. The predicted octanol–water partition coefficient (Wildman–Crippen LogP) is 1.10. The van der Waals surface area contributed by atoms with E-state index in [0.717, 1.165) is 4.90 Å². The van der Waals surface area contributed by atoms with Gasteiger partial charge in [0.25, 0.3) is 5.91 Å². The molecule has 2 fully saturated rings. The molecule has 1 N–H and O–H groups in total. The Morgan fingerprint density at radius 2 is 1.86 bits per heavy atom. The van der Waals surface area contributed by atoms with E-state index in [9.17, 15) is 24.3 Å². The summed E-state index contributed by atoms with van der Waals surface area (Å²) in [5.41, 5.74) is 0.981. The van der Waals surface area contributed by atoms with Gasteiger partial charge in [0.15, 0.2) is 0 Å². The van der Waals surface area contributed by atoms with E-state index in [1.54, 1.807) is 24.8 Å². The van der Waals surface area contributed by atoms with Gasteiger partial charge < -0.3 is 14.7 Å². The summed E-state index contributed by atoms with van der Waals surface area (Å²) >= 11 is 0. The Kier molecular flexibility index (Phi) is 5.64. The van der Waals surface area contributed by atoms with Crippen molar-refractivity contribution in [3.63, 3.8) is 0 Å². The SMILES string of the molecule is CCOC(=O)N1CCN([C@@H]2CC(=O)N(c3cc(C(=O)O)ccc3C)C2=O)CC1. The molecular formula is C19H23N3O6. The molecule has 3 amide bonds. The van der Waals surface area contributed by atoms with Crippen molar-refractivity contribution in [2.45, 2.75) is 26.3 Å². The Hall–Kier alpha value is -2.94. The maximum atomic E-state index is 13.0. The van der Waals surface area contributed by atoms with Crippen molar-refractivity contribution in [3.05, 3.63) is 29.3 Å². The number of hydrogen-bond acceptors (Lipinski definition) is 6. The zero-order valence-electron chi connectivity index (χ0n) is 15.9. The Morgan fingerprint density at radius 3 is 2.46 bits per heavy atom. The summed E-state index contributed by atoms with van der Waals surface area (Å²) in [5, 5.41) is 9.20. The molecule has 1 aromatic rings. The summed E-state index contributed by atoms with van der Waals surface area (Å²) in [4.78, 5) is 53.2. The van der Waals surface area contributed by atoms with Crippen LogP contribution in [0.15, 0.2) is 18.2 Å². The third kappa shape index (κ3) is 3.70. The van der Waals surface area contributed by atoms with Crippen LogP contribution in [-0.2, 0) is 14.3 Å². The number of carbonyl (C=O) groups excluding carboxylic acids is 3. The monoisotopic (exact) mass is 389 g/mol. The third-order valence-corrected chi connectivity index (χ3v) is 5.10. The van der Waals surface area contributed by atoms with Crippen LogP contribution in [0.25, 0.3) is 0 Å². The molecule has 1 atom stereocenters. The minimum atomic E-state index is -1.12. The second-order valence-electron chi connectivity index (χ2n) is 6.82. The van der Waals surface area contributed by atoms with Gasteiger partial charge in [-0.25, -0.2) is 14.5 Å². The third-order valence-electron chi connectivity index (χ3n) is 5.10. The minimum Gasteiger partial charge on any atom is -0.478 e. The number of benzene rings is 1. The molecule has 2 saturated heterocycles. The first kappa shape index (κ1) is 19.8. The fourth-order valence-electron chi connectivity index (χ4n) is 3.57. The fraction of sp³-hybridized carbons (Fsp3) is 0.474. The van der Waals surface area contributed by atoms with Gasteiger partial charge in [0.05, 0.1) is 30.3 Å². The molecule has 150 valence electrons. The molecule has 28 heavy (non-hydrogen) atoms. The highest BCUT2D eigenvalue weighted by atomic mass is 16.6. The quantitative estimate of drug-likeness (QED) is 0.768. The highest BCUT2D eigenvalue weighted by Gasteiger charge is 2.44. The number of rotatable bonds is 4. The lowest BCUT2D eigenvalue weighted by Crippen LogP contribution is -2.54. The standard InChI is InChI=1S/C19H23N3O6/c1-3-28-19(27)21-8-6-20(7-9-21)15-11-16(23)22(17(15)24)14-10-13(18(25)26)5-4-12(14)2/h4-5,10,15H,3,6-9,11H2,1-2H3,(H,25,26)/t15-/m1/s1. The smallest absolute Gasteiger partial charge is 0.409 e. The summed E-state index contributed by atoms with van der Waals surface area (Å²) < 4.78 is 4.99. The summed E-state index contributed by atoms with van der Waals surface area (Å²) in [5.74, 6) is -1.83. The average Bonchev–Trinajstić information content (AvgIpc) is 2.96. The molecule has 9 heteroatoms. The molecule has 2 heterocycles. The maximum absolute atomic E-state index is 13.0. The molecule has 3 rings (SSSR count). The van der Waals surface area contributed by atoms with E-state index in [0.29, 0.717) is 44.0 Å². The summed E-state index contributed by atoms with van der Waals surface area (Å²) in [6.07, 6.45) is -0.340. The molecule has 0 spiro atoms. The van der Waals surface area contributed by atoms with E-state index in [1.807, 2.05) is 4.90 Å². The lowest BCUT2D eigenvalue weighted by atomic mass is 10.1. The zero-order chi connectivity index (χ0) is 20.4. The van der Waals surface area contributed by atoms with Crippen LogP contribution in [0, 0.1) is 6.92 Å². The number of carbonyl (C=O) groups is 4. The Morgan fingerprint density at radius 1 is 1.18 bits per heavy atom. The molecule has 0 unspecified atom stereocenters. The van der Waals surface area contributed by atoms with Crippen LogP contribution in [0.1, 0.15) is 29.3 Å². The van der Waals surface area contributed by atoms with Gasteiger partial charge in [-0.3, -0.25) is 14.5 Å². The summed E-state index contributed by atoms with van der Waals surface area (Å²) in [6, 6.07) is 3.78. The van der Waals surface area contributed by atoms with Crippen molar-refractivity contribution in [2.24, 2.45) is 0 Å². The predicted molar refractivity (Wildman–Crippen MR) is 99.2 cm³/mol. The molecule has 9 nitrogen and oxygen atoms in total. The largest absolute Gasteiger partial charge is 0.478 e. The molecule has 0 aliphatic carbocycles. The van der Waals surface area contributed by atoms with E-state index in [2.05, 4.69) is 0 Å². The van der Waals surface area contributed by atoms with Gasteiger partial charge in [0.1, 0.15) is 0 Å². The van der Waals surface area contributed by atoms with Gasteiger partial charge in [0.2, 0.25) is 5.91 Å². The maximum Gasteiger partial charge on any atom is 0.409 e. The number of carboxylic acids is 1. The van der Waals surface area contributed by atoms with Crippen molar-refractivity contribution >= 4 is 29.6 Å². The van der Waals surface area contributed by atoms with Crippen LogP contribution < -0.4 is 4.90 Å². The van der Waals surface area contributed by atoms with Crippen LogP contribution >= 0.6 is 0 Å². The van der Waals surface area contributed by atoms with E-state index >= 15 is 0 Å². The first-order valence-corrected chi connectivity index (χ1v) is 9.20. The van der Waals surface area contributed by atoms with E-state index < -0.39 is 12.0 Å². The first-order chi connectivity index (χ1) is 13.3. The molecular weight excluding hydrogens is 366 g/mol. The van der Waals surface area contributed by atoms with Gasteiger partial charge in [-0.05, 0) is 31.5 Å². The van der Waals surface area contributed by atoms with Crippen LogP contribution in [-0.4, -0.2) is 77.6 Å². The second kappa shape index (κ2) is 7.97. The lowest BCUT2D eigenvalue weighted by molar-refractivity contribution is -0.123. The molecule has 0 aromatic heterocycles. The first-order valence-electron chi connectivity index (χ1n) is 9.20. The van der Waals surface area contributed by atoms with Crippen LogP contribution in [0.3, 0.4) is 0 Å². The normalized spacial score (nSPS) is 20.6. The highest BCUT2D eigenvalue weighted by molar-refractivity contribution is 6.23. The minimum absolute atomic E-state index is 0.0210. The Labute approximate surface area is 162 Å². The topological polar surface area (TPSA) is 107 Å². The van der Waals surface area contributed by atoms with Gasteiger partial charge in [0, 0.05) is 26.2 Å². The Balaban J connectivity index is 1.74. The van der Waals surface area contributed by atoms with E-state index in [4.69, 9.17) is 4.74 Å². The molecule has 0 bridgehead atoms. The number of imide groups is 1. The molecule has 2 aliphatic heterocycles. The van der Waals surface area contributed by atoms with Crippen LogP contribution in [0.4, 0.5) is 10.5 Å². The lowest BCUT2D eigenvalue weighted by Gasteiger charge is -2.36. The Bertz CT molecular complexity index is 816. The van der Waals surface area contributed by atoms with Gasteiger partial charge in [-0.2, -0.15) is 0 Å². The average molecular weight is 389 g/mol. The van der Waals surface area contributed by atoms with Crippen molar-refractivity contribution in [2.75, 3.05) is 37.7 Å². The van der Waals surface area contributed by atoms with Crippen LogP contribution in [0.5, 0.6) is 0 Å². The van der Waals surface area contributed by atoms with Crippen molar-refractivity contribution in [1.82, 2.24) is 9.80 Å². The van der Waals surface area contributed by atoms with Crippen LogP contribution in [0.2, 0.25) is 0 Å². The number of hydrogen-bond donors (Lipinski definition) is 1. The molecule has 0 radical (unpaired) electrons. The van der Waals surface area contributed by atoms with Gasteiger partial charge in [-0.15, -0.1) is 0 Å². The number of piperazine rings is 1. The highest BCUT2D eigenvalue weighted by Crippen LogP contribution is 2.29. The number of carboxylic acid groups (broad SMARTS) is 1. The number of ether oxygens (including phenoxy) is 1. The van der Waals surface area contributed by atoms with E-state index in [-0.39, 0.29) is 29.9 Å². The number of aryl methyl sites for hydroxylation is 1. The number of aromatic carboxylic acids is 1. The summed E-state index contributed by atoms with van der Waals surface area (Å²) in [6.45, 7) is 5.54. The second-order valence-corrected chi connectivity index (χ2v) is 6.82. The van der Waals surface area contributed by atoms with E-state index in [1.165, 1.54) is 12.1 Å². The van der Waals surface area contributed by atoms with Crippen molar-refractivity contribution in [3.8, 4) is 0 Å². The summed E-state index contributed by atoms with van der Waals surface area (Å²) in [7, 11) is 0. The van der Waals surface area contributed by atoms with Crippen molar-refractivity contribution in [1.29, 1.82) is 0 Å². The number of anilines is 1. The van der Waals surface area contributed by atoms with Gasteiger partial charge >= 0.3 is 12.1 Å². The molecule has 2 aliphatic rings. The fourth-order valence-corrected chi connectivity index (χ4v) is 3.57. The number of nitrogens with zero attached hydrogens (tertiary/aromatic N) is 3. The molecule has 1 aromatic carbocycles.